The molecule has 3 rings (SSSR count). The molecule has 1 saturated heterocycles. The van der Waals surface area contributed by atoms with Gasteiger partial charge in [0, 0.05) is 6.66 Å². The molecule has 3 unspecified atom stereocenters. The SMILES string of the molecule is Cc1ncnc2c1ncn2C1OC(CO)[C@@H](O[PH](C)=O)[C@H]1F. The van der Waals surface area contributed by atoms with Gasteiger partial charge in [0.25, 0.3) is 0 Å². The second-order valence-electron chi connectivity index (χ2n) is 5.05. The van der Waals surface area contributed by atoms with E-state index in [2.05, 4.69) is 15.0 Å². The highest BCUT2D eigenvalue weighted by Gasteiger charge is 2.47. The van der Waals surface area contributed by atoms with Crippen LogP contribution in [0.15, 0.2) is 12.7 Å². The van der Waals surface area contributed by atoms with Gasteiger partial charge in [0.05, 0.1) is 18.6 Å². The van der Waals surface area contributed by atoms with Crippen LogP contribution in [0.3, 0.4) is 0 Å². The highest BCUT2D eigenvalue weighted by atomic mass is 31.1. The number of hydrogen-bond acceptors (Lipinski definition) is 7. The van der Waals surface area contributed by atoms with E-state index in [1.807, 2.05) is 0 Å². The van der Waals surface area contributed by atoms with E-state index in [1.165, 1.54) is 23.9 Å². The third kappa shape index (κ3) is 2.54. The number of aliphatic hydroxyl groups is 1. The van der Waals surface area contributed by atoms with Gasteiger partial charge in [-0.15, -0.1) is 0 Å². The van der Waals surface area contributed by atoms with Gasteiger partial charge in [-0.2, -0.15) is 0 Å². The third-order valence-electron chi connectivity index (χ3n) is 3.56. The van der Waals surface area contributed by atoms with Crippen LogP contribution in [-0.2, 0) is 13.8 Å². The van der Waals surface area contributed by atoms with Crippen LogP contribution in [0.4, 0.5) is 4.39 Å². The number of fused-ring (bicyclic) bond motifs is 1. The molecule has 0 amide bonds. The Hall–Kier alpha value is -1.41. The van der Waals surface area contributed by atoms with E-state index in [0.29, 0.717) is 16.9 Å². The summed E-state index contributed by atoms with van der Waals surface area (Å²) in [6.45, 7) is 2.70. The Morgan fingerprint density at radius 1 is 1.50 bits per heavy atom. The molecule has 0 spiro atoms. The largest absolute Gasteiger partial charge is 0.394 e. The summed E-state index contributed by atoms with van der Waals surface area (Å²) >= 11 is 0. The Kier molecular flexibility index (Phi) is 4.22. The van der Waals surface area contributed by atoms with Gasteiger partial charge in [0.15, 0.2) is 26.1 Å². The molecule has 1 aliphatic rings. The Morgan fingerprint density at radius 3 is 2.95 bits per heavy atom. The van der Waals surface area contributed by atoms with Crippen LogP contribution in [0.2, 0.25) is 0 Å². The van der Waals surface area contributed by atoms with Crippen LogP contribution in [0.1, 0.15) is 11.9 Å². The van der Waals surface area contributed by atoms with Gasteiger partial charge in [-0.1, -0.05) is 0 Å². The topological polar surface area (TPSA) is 99.4 Å². The Bertz CT molecular complexity index is 711. The summed E-state index contributed by atoms with van der Waals surface area (Å²) in [4.78, 5) is 12.3. The van der Waals surface area contributed by atoms with Gasteiger partial charge < -0.3 is 14.4 Å². The molecule has 120 valence electrons. The smallest absolute Gasteiger partial charge is 0.189 e. The molecule has 22 heavy (non-hydrogen) atoms. The van der Waals surface area contributed by atoms with Gasteiger partial charge in [-0.05, 0) is 6.92 Å². The summed E-state index contributed by atoms with van der Waals surface area (Å²) in [6.07, 6.45) is -1.86. The number of halogens is 1. The molecule has 5 atom stereocenters. The first kappa shape index (κ1) is 15.5. The van der Waals surface area contributed by atoms with Crippen molar-refractivity contribution in [3.8, 4) is 0 Å². The quantitative estimate of drug-likeness (QED) is 0.830. The van der Waals surface area contributed by atoms with Crippen LogP contribution in [0, 0.1) is 6.92 Å². The number of aliphatic hydroxyl groups excluding tert-OH is 1. The Morgan fingerprint density at radius 2 is 2.27 bits per heavy atom. The molecule has 3 heterocycles. The molecular formula is C12H16FN4O4P. The summed E-state index contributed by atoms with van der Waals surface area (Å²) in [5.74, 6) is 0. The van der Waals surface area contributed by atoms with Crippen LogP contribution < -0.4 is 0 Å². The minimum absolute atomic E-state index is 0.432. The van der Waals surface area contributed by atoms with Gasteiger partial charge >= 0.3 is 0 Å². The number of nitrogens with zero attached hydrogens (tertiary/aromatic N) is 4. The fourth-order valence-corrected chi connectivity index (χ4v) is 3.22. The van der Waals surface area contributed by atoms with Crippen molar-refractivity contribution in [2.24, 2.45) is 0 Å². The van der Waals surface area contributed by atoms with E-state index in [1.54, 1.807) is 6.92 Å². The summed E-state index contributed by atoms with van der Waals surface area (Å²) in [6, 6.07) is 0. The molecule has 2 aromatic rings. The molecule has 0 saturated carbocycles. The number of rotatable bonds is 4. The summed E-state index contributed by atoms with van der Waals surface area (Å²) < 4.78 is 38.0. The zero-order chi connectivity index (χ0) is 15.9. The highest BCUT2D eigenvalue weighted by Crippen LogP contribution is 2.38. The number of aromatic nitrogens is 4. The lowest BCUT2D eigenvalue weighted by Crippen LogP contribution is -2.32. The van der Waals surface area contributed by atoms with Crippen molar-refractivity contribution in [2.75, 3.05) is 13.3 Å². The average molecular weight is 330 g/mol. The minimum Gasteiger partial charge on any atom is -0.394 e. The van der Waals surface area contributed by atoms with E-state index < -0.39 is 39.2 Å². The highest BCUT2D eigenvalue weighted by molar-refractivity contribution is 7.38. The standard InChI is InChI=1S/C12H16FN4O4P/c1-6-9-11(15-4-14-6)17(5-16-9)12-8(13)10(21-22(2)19)7(3-18)20-12/h4-5,7-8,10,12,18,22H,3H2,1-2H3/t7?,8-,10-,12?/m1/s1. The summed E-state index contributed by atoms with van der Waals surface area (Å²) in [7, 11) is -2.36. The summed E-state index contributed by atoms with van der Waals surface area (Å²) in [5, 5.41) is 9.33. The molecule has 8 nitrogen and oxygen atoms in total. The molecule has 1 fully saturated rings. The van der Waals surface area contributed by atoms with E-state index in [9.17, 15) is 14.1 Å². The van der Waals surface area contributed by atoms with Crippen molar-refractivity contribution in [3.05, 3.63) is 18.3 Å². The maximum atomic E-state index is 14.7. The third-order valence-corrected chi connectivity index (χ3v) is 4.17. The molecule has 2 aromatic heterocycles. The minimum atomic E-state index is -2.36. The zero-order valence-corrected chi connectivity index (χ0v) is 13.0. The van der Waals surface area contributed by atoms with Crippen molar-refractivity contribution < 1.29 is 23.3 Å². The van der Waals surface area contributed by atoms with Crippen LogP contribution >= 0.6 is 8.03 Å². The second kappa shape index (κ2) is 6.00. The van der Waals surface area contributed by atoms with Crippen LogP contribution in [0.25, 0.3) is 11.2 Å². The number of aryl methyl sites for hydroxylation is 1. The van der Waals surface area contributed by atoms with Gasteiger partial charge in [-0.3, -0.25) is 9.13 Å². The van der Waals surface area contributed by atoms with Gasteiger partial charge in [0.2, 0.25) is 0 Å². The molecule has 0 aliphatic carbocycles. The van der Waals surface area contributed by atoms with Crippen molar-refractivity contribution in [1.29, 1.82) is 0 Å². The second-order valence-corrected chi connectivity index (χ2v) is 6.27. The van der Waals surface area contributed by atoms with E-state index >= 15 is 0 Å². The monoisotopic (exact) mass is 330 g/mol. The van der Waals surface area contributed by atoms with Crippen molar-refractivity contribution in [3.63, 3.8) is 0 Å². The maximum Gasteiger partial charge on any atom is 0.189 e. The average Bonchev–Trinajstić information content (AvgIpc) is 3.02. The molecule has 0 radical (unpaired) electrons. The number of imidazole rings is 1. The van der Waals surface area contributed by atoms with Crippen molar-refractivity contribution in [2.45, 2.75) is 31.5 Å². The molecule has 10 heteroatoms. The van der Waals surface area contributed by atoms with Gasteiger partial charge in [0.1, 0.15) is 24.1 Å². The predicted molar refractivity (Wildman–Crippen MR) is 75.8 cm³/mol. The summed E-state index contributed by atoms with van der Waals surface area (Å²) in [5.41, 5.74) is 1.65. The van der Waals surface area contributed by atoms with E-state index in [-0.39, 0.29) is 0 Å². The maximum absolute atomic E-state index is 14.7. The molecule has 1 N–H and O–H groups in total. The zero-order valence-electron chi connectivity index (χ0n) is 12.0. The van der Waals surface area contributed by atoms with Crippen molar-refractivity contribution >= 4 is 19.2 Å². The first-order valence-electron chi connectivity index (χ1n) is 6.74. The van der Waals surface area contributed by atoms with E-state index in [0.717, 1.165) is 0 Å². The first-order valence-corrected chi connectivity index (χ1v) is 8.56. The predicted octanol–water partition coefficient (Wildman–Crippen LogP) is 0.852. The normalized spacial score (nSPS) is 30.0. The number of alkyl halides is 1. The first-order chi connectivity index (χ1) is 10.5. The van der Waals surface area contributed by atoms with Crippen LogP contribution in [0.5, 0.6) is 0 Å². The van der Waals surface area contributed by atoms with Crippen LogP contribution in [-0.4, -0.2) is 56.3 Å². The Labute approximate surface area is 126 Å². The molecular weight excluding hydrogens is 314 g/mol. The molecule has 0 bridgehead atoms. The molecule has 1 aliphatic heterocycles. The molecule has 0 aromatic carbocycles. The number of hydrogen-bond donors (Lipinski definition) is 1. The van der Waals surface area contributed by atoms with Crippen molar-refractivity contribution in [1.82, 2.24) is 19.5 Å². The fourth-order valence-electron chi connectivity index (χ4n) is 2.55. The lowest BCUT2D eigenvalue weighted by Gasteiger charge is -2.16. The van der Waals surface area contributed by atoms with Gasteiger partial charge in [-0.25, -0.2) is 19.3 Å². The fraction of sp³-hybridized carbons (Fsp3) is 0.583. The number of ether oxygens (including phenoxy) is 1. The lowest BCUT2D eigenvalue weighted by molar-refractivity contribution is -0.0429. The van der Waals surface area contributed by atoms with E-state index in [4.69, 9.17) is 9.26 Å². The lowest BCUT2D eigenvalue weighted by atomic mass is 10.1. The Balaban J connectivity index is 1.97.